The summed E-state index contributed by atoms with van der Waals surface area (Å²) in [5.41, 5.74) is 7.68. The minimum atomic E-state index is -0.367. The van der Waals surface area contributed by atoms with E-state index in [1.807, 2.05) is 11.8 Å². The average molecular weight is 295 g/mol. The molecule has 3 N–H and O–H groups in total. The first-order valence-corrected chi connectivity index (χ1v) is 7.88. The number of rotatable bonds is 5. The van der Waals surface area contributed by atoms with E-state index in [2.05, 4.69) is 10.2 Å². The van der Waals surface area contributed by atoms with Crippen molar-refractivity contribution in [3.05, 3.63) is 23.8 Å². The number of hydrogen-bond donors (Lipinski definition) is 2. The van der Waals surface area contributed by atoms with Crippen molar-refractivity contribution in [2.75, 3.05) is 55.8 Å². The van der Waals surface area contributed by atoms with Crippen molar-refractivity contribution in [3.63, 3.8) is 0 Å². The number of hydrogen-bond acceptors (Lipinski definition) is 6. The number of para-hydroxylation sites is 1. The van der Waals surface area contributed by atoms with Gasteiger partial charge in [-0.25, -0.2) is 4.79 Å². The van der Waals surface area contributed by atoms with Gasteiger partial charge in [-0.15, -0.1) is 0 Å². The summed E-state index contributed by atoms with van der Waals surface area (Å²) in [6.07, 6.45) is 0. The molecule has 1 heterocycles. The number of benzene rings is 1. The molecule has 2 rings (SSSR count). The predicted octanol–water partition coefficient (Wildman–Crippen LogP) is 1.52. The molecule has 0 spiro atoms. The van der Waals surface area contributed by atoms with Gasteiger partial charge >= 0.3 is 5.97 Å². The molecule has 1 saturated heterocycles. The zero-order chi connectivity index (χ0) is 14.4. The van der Waals surface area contributed by atoms with Gasteiger partial charge in [0.2, 0.25) is 0 Å². The Morgan fingerprint density at radius 1 is 1.45 bits per heavy atom. The highest BCUT2D eigenvalue weighted by molar-refractivity contribution is 7.99. The molecule has 0 bridgehead atoms. The molecule has 0 saturated carbocycles. The highest BCUT2D eigenvalue weighted by Gasteiger charge is 2.14. The third-order valence-electron chi connectivity index (χ3n) is 3.34. The molecule has 1 aromatic carbocycles. The number of carbonyl (C=O) groups excluding carboxylic acids is 1. The summed E-state index contributed by atoms with van der Waals surface area (Å²) in [5, 5.41) is 3.27. The van der Waals surface area contributed by atoms with Crippen molar-refractivity contribution in [1.29, 1.82) is 0 Å². The number of carbonyl (C=O) groups is 1. The molecule has 1 aliphatic rings. The zero-order valence-electron chi connectivity index (χ0n) is 11.7. The predicted molar refractivity (Wildman–Crippen MR) is 84.4 cm³/mol. The Bertz CT molecular complexity index is 462. The molecule has 1 fully saturated rings. The van der Waals surface area contributed by atoms with Gasteiger partial charge in [0.1, 0.15) is 0 Å². The van der Waals surface area contributed by atoms with Crippen molar-refractivity contribution >= 4 is 29.1 Å². The highest BCUT2D eigenvalue weighted by atomic mass is 32.2. The van der Waals surface area contributed by atoms with Crippen molar-refractivity contribution in [2.24, 2.45) is 0 Å². The van der Waals surface area contributed by atoms with Crippen LogP contribution in [0.1, 0.15) is 10.4 Å². The van der Waals surface area contributed by atoms with E-state index in [9.17, 15) is 4.79 Å². The Balaban J connectivity index is 1.95. The van der Waals surface area contributed by atoms with Gasteiger partial charge in [0.15, 0.2) is 0 Å². The number of ether oxygens (including phenoxy) is 1. The molecule has 0 amide bonds. The summed E-state index contributed by atoms with van der Waals surface area (Å²) >= 11 is 2.00. The molecule has 110 valence electrons. The van der Waals surface area contributed by atoms with Crippen LogP contribution >= 0.6 is 11.8 Å². The summed E-state index contributed by atoms with van der Waals surface area (Å²) in [7, 11) is 1.38. The lowest BCUT2D eigenvalue weighted by Gasteiger charge is -2.26. The molecule has 0 radical (unpaired) electrons. The first-order chi connectivity index (χ1) is 9.72. The van der Waals surface area contributed by atoms with Crippen LogP contribution in [0.2, 0.25) is 0 Å². The summed E-state index contributed by atoms with van der Waals surface area (Å²) in [6, 6.07) is 5.27. The fourth-order valence-electron chi connectivity index (χ4n) is 2.21. The molecule has 6 heteroatoms. The van der Waals surface area contributed by atoms with Crippen molar-refractivity contribution in [3.8, 4) is 0 Å². The van der Waals surface area contributed by atoms with Gasteiger partial charge in [-0.2, -0.15) is 11.8 Å². The SMILES string of the molecule is COC(=O)c1cccc(N)c1NCCN1CCSCC1. The maximum Gasteiger partial charge on any atom is 0.340 e. The largest absolute Gasteiger partial charge is 0.465 e. The number of anilines is 2. The Labute approximate surface area is 123 Å². The molecule has 0 unspecified atom stereocenters. The smallest absolute Gasteiger partial charge is 0.340 e. The second-order valence-electron chi connectivity index (χ2n) is 4.64. The topological polar surface area (TPSA) is 67.6 Å². The van der Waals surface area contributed by atoms with Crippen LogP contribution < -0.4 is 11.1 Å². The van der Waals surface area contributed by atoms with Crippen LogP contribution in [-0.4, -0.2) is 55.7 Å². The van der Waals surface area contributed by atoms with Gasteiger partial charge < -0.3 is 15.8 Å². The zero-order valence-corrected chi connectivity index (χ0v) is 12.5. The monoisotopic (exact) mass is 295 g/mol. The van der Waals surface area contributed by atoms with Crippen LogP contribution in [-0.2, 0) is 4.74 Å². The normalized spacial score (nSPS) is 15.8. The first kappa shape index (κ1) is 15.0. The van der Waals surface area contributed by atoms with Crippen LogP contribution in [0.3, 0.4) is 0 Å². The van der Waals surface area contributed by atoms with Crippen LogP contribution in [0.25, 0.3) is 0 Å². The molecular formula is C14H21N3O2S. The molecule has 1 aromatic rings. The van der Waals surface area contributed by atoms with E-state index in [0.717, 1.165) is 26.2 Å². The number of methoxy groups -OCH3 is 1. The average Bonchev–Trinajstić information content (AvgIpc) is 2.49. The Kier molecular flexibility index (Phi) is 5.55. The van der Waals surface area contributed by atoms with Crippen molar-refractivity contribution in [2.45, 2.75) is 0 Å². The molecule has 0 atom stereocenters. The molecule has 1 aliphatic heterocycles. The number of esters is 1. The first-order valence-electron chi connectivity index (χ1n) is 6.73. The van der Waals surface area contributed by atoms with Crippen LogP contribution in [0, 0.1) is 0 Å². The lowest BCUT2D eigenvalue weighted by Crippen LogP contribution is -2.36. The highest BCUT2D eigenvalue weighted by Crippen LogP contribution is 2.24. The van der Waals surface area contributed by atoms with Gasteiger partial charge in [-0.3, -0.25) is 4.90 Å². The minimum Gasteiger partial charge on any atom is -0.465 e. The van der Waals surface area contributed by atoms with Crippen LogP contribution in [0.15, 0.2) is 18.2 Å². The lowest BCUT2D eigenvalue weighted by atomic mass is 10.1. The number of nitrogens with zero attached hydrogens (tertiary/aromatic N) is 1. The number of nitrogen functional groups attached to an aromatic ring is 1. The summed E-state index contributed by atoms with van der Waals surface area (Å²) < 4.78 is 4.78. The van der Waals surface area contributed by atoms with Gasteiger partial charge in [0.25, 0.3) is 0 Å². The quantitative estimate of drug-likeness (QED) is 0.634. The van der Waals surface area contributed by atoms with Crippen molar-refractivity contribution < 1.29 is 9.53 Å². The fraction of sp³-hybridized carbons (Fsp3) is 0.500. The third kappa shape index (κ3) is 3.80. The van der Waals surface area contributed by atoms with Gasteiger partial charge in [-0.1, -0.05) is 6.07 Å². The second-order valence-corrected chi connectivity index (χ2v) is 5.87. The number of thioether (sulfide) groups is 1. The molecular weight excluding hydrogens is 274 g/mol. The second kappa shape index (κ2) is 7.40. The van der Waals surface area contributed by atoms with Crippen LogP contribution in [0.4, 0.5) is 11.4 Å². The molecule has 5 nitrogen and oxygen atoms in total. The number of nitrogens with two attached hydrogens (primary N) is 1. The maximum absolute atomic E-state index is 11.7. The molecule has 0 aliphatic carbocycles. The Morgan fingerprint density at radius 2 is 2.20 bits per heavy atom. The van der Waals surface area contributed by atoms with Gasteiger partial charge in [0, 0.05) is 37.7 Å². The summed E-state index contributed by atoms with van der Waals surface area (Å²) in [6.45, 7) is 3.97. The summed E-state index contributed by atoms with van der Waals surface area (Å²) in [5.74, 6) is 2.02. The van der Waals surface area contributed by atoms with Crippen LogP contribution in [0.5, 0.6) is 0 Å². The maximum atomic E-state index is 11.7. The van der Waals surface area contributed by atoms with E-state index < -0.39 is 0 Å². The van der Waals surface area contributed by atoms with E-state index in [0.29, 0.717) is 16.9 Å². The van der Waals surface area contributed by atoms with E-state index in [1.165, 1.54) is 18.6 Å². The van der Waals surface area contributed by atoms with Crippen molar-refractivity contribution in [1.82, 2.24) is 4.90 Å². The van der Waals surface area contributed by atoms with Gasteiger partial charge in [0.05, 0.1) is 24.0 Å². The number of nitrogens with one attached hydrogen (secondary N) is 1. The van der Waals surface area contributed by atoms with E-state index in [-0.39, 0.29) is 5.97 Å². The standard InChI is InChI=1S/C14H21N3O2S/c1-19-14(18)11-3-2-4-12(15)13(11)16-5-6-17-7-9-20-10-8-17/h2-4,16H,5-10,15H2,1H3. The van der Waals surface area contributed by atoms with E-state index >= 15 is 0 Å². The fourth-order valence-corrected chi connectivity index (χ4v) is 3.19. The molecule has 0 aromatic heterocycles. The minimum absolute atomic E-state index is 0.367. The van der Waals surface area contributed by atoms with E-state index in [1.54, 1.807) is 18.2 Å². The van der Waals surface area contributed by atoms with Gasteiger partial charge in [-0.05, 0) is 12.1 Å². The Hall–Kier alpha value is -1.40. The Morgan fingerprint density at radius 3 is 2.90 bits per heavy atom. The third-order valence-corrected chi connectivity index (χ3v) is 4.28. The summed E-state index contributed by atoms with van der Waals surface area (Å²) in [4.78, 5) is 14.1. The molecule has 20 heavy (non-hydrogen) atoms. The lowest BCUT2D eigenvalue weighted by molar-refractivity contribution is 0.0602. The van der Waals surface area contributed by atoms with E-state index in [4.69, 9.17) is 10.5 Å².